The van der Waals surface area contributed by atoms with E-state index >= 15 is 0 Å². The smallest absolute Gasteiger partial charge is 0.221 e. The van der Waals surface area contributed by atoms with Crippen LogP contribution in [0.2, 0.25) is 5.15 Å². The molecule has 0 aliphatic carbocycles. The van der Waals surface area contributed by atoms with Crippen molar-refractivity contribution in [2.75, 3.05) is 25.5 Å². The van der Waals surface area contributed by atoms with Crippen LogP contribution in [0.4, 0.5) is 5.69 Å². The number of carbonyl (C=O) groups is 1. The Labute approximate surface area is 159 Å². The van der Waals surface area contributed by atoms with Crippen LogP contribution in [0.15, 0.2) is 47.6 Å². The summed E-state index contributed by atoms with van der Waals surface area (Å²) in [5.74, 6) is 0.700. The molecular formula is C19H24ClN5O. The van der Waals surface area contributed by atoms with Crippen LogP contribution in [0.25, 0.3) is 0 Å². The van der Waals surface area contributed by atoms with Gasteiger partial charge in [0.05, 0.1) is 0 Å². The number of halogens is 1. The lowest BCUT2D eigenvalue weighted by Gasteiger charge is -2.12. The van der Waals surface area contributed by atoms with E-state index in [0.29, 0.717) is 5.15 Å². The van der Waals surface area contributed by atoms with E-state index in [1.165, 1.54) is 12.5 Å². The number of nitrogens with one attached hydrogen (secondary N) is 3. The Kier molecular flexibility index (Phi) is 7.89. The van der Waals surface area contributed by atoms with Gasteiger partial charge in [0.25, 0.3) is 0 Å². The number of anilines is 1. The summed E-state index contributed by atoms with van der Waals surface area (Å²) in [5.41, 5.74) is 3.12. The van der Waals surface area contributed by atoms with Gasteiger partial charge in [0.1, 0.15) is 5.15 Å². The van der Waals surface area contributed by atoms with Crippen LogP contribution < -0.4 is 16.0 Å². The lowest BCUT2D eigenvalue weighted by molar-refractivity contribution is -0.114. The minimum Gasteiger partial charge on any atom is -0.356 e. The Hall–Kier alpha value is -2.60. The van der Waals surface area contributed by atoms with Crippen molar-refractivity contribution in [3.63, 3.8) is 0 Å². The molecule has 0 saturated carbocycles. The Bertz CT molecular complexity index is 729. The molecule has 0 radical (unpaired) electrons. The molecule has 0 spiro atoms. The Balaban J connectivity index is 1.69. The van der Waals surface area contributed by atoms with Gasteiger partial charge in [-0.05, 0) is 42.2 Å². The second-order valence-electron chi connectivity index (χ2n) is 5.79. The molecule has 1 aromatic carbocycles. The van der Waals surface area contributed by atoms with Crippen molar-refractivity contribution in [1.82, 2.24) is 15.6 Å². The number of aromatic nitrogens is 1. The molecule has 7 heteroatoms. The van der Waals surface area contributed by atoms with Crippen molar-refractivity contribution < 1.29 is 4.79 Å². The van der Waals surface area contributed by atoms with Crippen molar-refractivity contribution in [2.24, 2.45) is 4.99 Å². The molecule has 0 aliphatic rings. The second-order valence-corrected chi connectivity index (χ2v) is 6.18. The van der Waals surface area contributed by atoms with E-state index in [2.05, 4.69) is 25.9 Å². The molecule has 0 atom stereocenters. The second kappa shape index (κ2) is 10.4. The third-order valence-corrected chi connectivity index (χ3v) is 3.92. The number of nitrogens with zero attached hydrogens (tertiary/aromatic N) is 2. The first-order valence-electron chi connectivity index (χ1n) is 8.48. The molecule has 1 amide bonds. The normalized spacial score (nSPS) is 11.1. The fourth-order valence-electron chi connectivity index (χ4n) is 2.38. The summed E-state index contributed by atoms with van der Waals surface area (Å²) in [5, 5.41) is 9.84. The average molecular weight is 374 g/mol. The third-order valence-electron chi connectivity index (χ3n) is 3.70. The lowest BCUT2D eigenvalue weighted by Crippen LogP contribution is -2.39. The zero-order chi connectivity index (χ0) is 18.8. The van der Waals surface area contributed by atoms with Gasteiger partial charge in [-0.25, -0.2) is 4.98 Å². The number of carbonyl (C=O) groups excluding carboxylic acids is 1. The molecule has 1 aromatic heterocycles. The maximum Gasteiger partial charge on any atom is 0.221 e. The number of guanidine groups is 1. The zero-order valence-electron chi connectivity index (χ0n) is 15.1. The average Bonchev–Trinajstić information content (AvgIpc) is 2.63. The van der Waals surface area contributed by atoms with E-state index in [0.717, 1.165) is 43.1 Å². The number of hydrogen-bond donors (Lipinski definition) is 3. The predicted octanol–water partition coefficient (Wildman–Crippen LogP) is 2.64. The first kappa shape index (κ1) is 19.7. The van der Waals surface area contributed by atoms with Gasteiger partial charge in [0.15, 0.2) is 5.96 Å². The van der Waals surface area contributed by atoms with Crippen molar-refractivity contribution >= 4 is 29.2 Å². The molecule has 0 unspecified atom stereocenters. The summed E-state index contributed by atoms with van der Waals surface area (Å²) >= 11 is 5.78. The highest BCUT2D eigenvalue weighted by atomic mass is 35.5. The molecule has 0 saturated heterocycles. The Morgan fingerprint density at radius 3 is 2.19 bits per heavy atom. The molecule has 6 nitrogen and oxygen atoms in total. The molecule has 2 rings (SSSR count). The molecule has 0 bridgehead atoms. The van der Waals surface area contributed by atoms with Crippen LogP contribution in [0, 0.1) is 0 Å². The Morgan fingerprint density at radius 2 is 1.65 bits per heavy atom. The Morgan fingerprint density at radius 1 is 1.04 bits per heavy atom. The van der Waals surface area contributed by atoms with Gasteiger partial charge in [-0.1, -0.05) is 29.8 Å². The first-order chi connectivity index (χ1) is 12.6. The van der Waals surface area contributed by atoms with Crippen molar-refractivity contribution in [2.45, 2.75) is 19.8 Å². The summed E-state index contributed by atoms with van der Waals surface area (Å²) in [7, 11) is 1.75. The van der Waals surface area contributed by atoms with Gasteiger partial charge in [0.2, 0.25) is 5.91 Å². The topological polar surface area (TPSA) is 78.4 Å². The van der Waals surface area contributed by atoms with E-state index in [4.69, 9.17) is 11.6 Å². The van der Waals surface area contributed by atoms with E-state index in [-0.39, 0.29) is 5.91 Å². The summed E-state index contributed by atoms with van der Waals surface area (Å²) in [6, 6.07) is 11.6. The van der Waals surface area contributed by atoms with Gasteiger partial charge < -0.3 is 16.0 Å². The minimum atomic E-state index is -0.0660. The van der Waals surface area contributed by atoms with Crippen LogP contribution in [0.5, 0.6) is 0 Å². The molecule has 26 heavy (non-hydrogen) atoms. The van der Waals surface area contributed by atoms with Crippen LogP contribution in [-0.4, -0.2) is 37.0 Å². The van der Waals surface area contributed by atoms with E-state index < -0.39 is 0 Å². The first-order valence-corrected chi connectivity index (χ1v) is 8.86. The minimum absolute atomic E-state index is 0.0660. The molecule has 1 heterocycles. The maximum atomic E-state index is 11.0. The highest BCUT2D eigenvalue weighted by molar-refractivity contribution is 6.29. The molecule has 138 valence electrons. The summed E-state index contributed by atoms with van der Waals surface area (Å²) in [6.45, 7) is 3.02. The van der Waals surface area contributed by atoms with Crippen molar-refractivity contribution in [1.29, 1.82) is 0 Å². The van der Waals surface area contributed by atoms with Gasteiger partial charge in [0, 0.05) is 38.9 Å². The van der Waals surface area contributed by atoms with Gasteiger partial charge in [-0.3, -0.25) is 9.79 Å². The van der Waals surface area contributed by atoms with Crippen LogP contribution in [0.3, 0.4) is 0 Å². The third kappa shape index (κ3) is 7.11. The molecule has 0 aliphatic heterocycles. The molecular weight excluding hydrogens is 350 g/mol. The fourth-order valence-corrected chi connectivity index (χ4v) is 2.50. The summed E-state index contributed by atoms with van der Waals surface area (Å²) in [4.78, 5) is 19.3. The largest absolute Gasteiger partial charge is 0.356 e. The fraction of sp³-hybridized carbons (Fsp3) is 0.316. The predicted molar refractivity (Wildman–Crippen MR) is 107 cm³/mol. The highest BCUT2D eigenvalue weighted by Gasteiger charge is 2.00. The van der Waals surface area contributed by atoms with E-state index in [9.17, 15) is 4.79 Å². The number of amides is 1. The number of benzene rings is 1. The number of aliphatic imine (C=N–C) groups is 1. The highest BCUT2D eigenvalue weighted by Crippen LogP contribution is 2.09. The van der Waals surface area contributed by atoms with Crippen LogP contribution >= 0.6 is 11.6 Å². The van der Waals surface area contributed by atoms with Crippen molar-refractivity contribution in [3.8, 4) is 0 Å². The summed E-state index contributed by atoms with van der Waals surface area (Å²) in [6.07, 6.45) is 3.49. The van der Waals surface area contributed by atoms with E-state index in [1.807, 2.05) is 30.3 Å². The number of hydrogen-bond acceptors (Lipinski definition) is 3. The zero-order valence-corrected chi connectivity index (χ0v) is 15.8. The molecule has 2 aromatic rings. The summed E-state index contributed by atoms with van der Waals surface area (Å²) < 4.78 is 0. The lowest BCUT2D eigenvalue weighted by atomic mass is 10.1. The van der Waals surface area contributed by atoms with Crippen molar-refractivity contribution in [3.05, 3.63) is 58.9 Å². The number of rotatable bonds is 7. The van der Waals surface area contributed by atoms with Gasteiger partial charge >= 0.3 is 0 Å². The van der Waals surface area contributed by atoms with E-state index in [1.54, 1.807) is 19.3 Å². The molecule has 3 N–H and O–H groups in total. The quantitative estimate of drug-likeness (QED) is 0.396. The molecule has 0 fully saturated rings. The van der Waals surface area contributed by atoms with Crippen LogP contribution in [0.1, 0.15) is 18.1 Å². The number of pyridine rings is 1. The SMILES string of the molecule is CN=C(NCCc1ccc(NC(C)=O)cc1)NCCc1ccc(Cl)nc1. The maximum absolute atomic E-state index is 11.0. The monoisotopic (exact) mass is 373 g/mol. The van der Waals surface area contributed by atoms with Crippen LogP contribution in [-0.2, 0) is 17.6 Å². The standard InChI is InChI=1S/C19H24ClN5O/c1-14(26)25-17-6-3-15(4-7-17)9-11-22-19(21-2)23-12-10-16-5-8-18(20)24-13-16/h3-8,13H,9-12H2,1-2H3,(H,25,26)(H2,21,22,23). The van der Waals surface area contributed by atoms with Gasteiger partial charge in [-0.15, -0.1) is 0 Å². The van der Waals surface area contributed by atoms with Gasteiger partial charge in [-0.2, -0.15) is 0 Å².